The molecule has 11 nitrogen and oxygen atoms in total. The van der Waals surface area contributed by atoms with Gasteiger partial charge >= 0.3 is 0 Å². The van der Waals surface area contributed by atoms with E-state index < -0.39 is 22.0 Å². The molecule has 1 aromatic rings. The second-order valence-corrected chi connectivity index (χ2v) is 8.46. The number of carbonyl (C=O) groups is 1. The number of rotatable bonds is 7. The maximum absolute atomic E-state index is 12.6. The van der Waals surface area contributed by atoms with Crippen molar-refractivity contribution in [1.29, 1.82) is 0 Å². The van der Waals surface area contributed by atoms with Crippen molar-refractivity contribution >= 4 is 62.6 Å². The molecule has 0 aliphatic carbocycles. The summed E-state index contributed by atoms with van der Waals surface area (Å²) < 4.78 is 26.5. The molecule has 2 heterocycles. The average Bonchev–Trinajstić information content (AvgIpc) is 3.10. The van der Waals surface area contributed by atoms with E-state index in [9.17, 15) is 13.2 Å². The molecule has 14 heteroatoms. The molecule has 2 aliphatic heterocycles. The number of hydrogen-bond donors (Lipinski definition) is 2. The maximum Gasteiger partial charge on any atom is 0.267 e. The SMILES string of the molecule is NC1=NC2=NC(N=Nc3ccc(S(=O)(=O)N(CCCl)CCCl)cc3)=NC2C(=O)N1. The van der Waals surface area contributed by atoms with Crippen LogP contribution in [0.25, 0.3) is 0 Å². The lowest BCUT2D eigenvalue weighted by molar-refractivity contribution is -0.119. The van der Waals surface area contributed by atoms with Crippen LogP contribution in [-0.2, 0) is 14.8 Å². The first-order valence-corrected chi connectivity index (χ1v) is 10.8. The Morgan fingerprint density at radius 1 is 1.10 bits per heavy atom. The summed E-state index contributed by atoms with van der Waals surface area (Å²) in [6.45, 7) is 0.305. The van der Waals surface area contributed by atoms with Crippen LogP contribution in [0.1, 0.15) is 0 Å². The zero-order valence-corrected chi connectivity index (χ0v) is 17.2. The van der Waals surface area contributed by atoms with E-state index in [4.69, 9.17) is 28.9 Å². The van der Waals surface area contributed by atoms with Gasteiger partial charge in [0.1, 0.15) is 0 Å². The molecule has 0 saturated carbocycles. The molecule has 0 aromatic heterocycles. The molecule has 0 radical (unpaired) electrons. The van der Waals surface area contributed by atoms with Gasteiger partial charge in [0.25, 0.3) is 11.9 Å². The molecule has 0 saturated heterocycles. The van der Waals surface area contributed by atoms with Crippen molar-refractivity contribution < 1.29 is 13.2 Å². The number of nitrogens with one attached hydrogen (secondary N) is 1. The Balaban J connectivity index is 1.74. The highest BCUT2D eigenvalue weighted by molar-refractivity contribution is 7.89. The van der Waals surface area contributed by atoms with Gasteiger partial charge in [0.2, 0.25) is 16.0 Å². The molecule has 1 amide bonds. The molecular formula is C15H16Cl2N8O3S. The number of benzene rings is 1. The van der Waals surface area contributed by atoms with Crippen molar-refractivity contribution in [3.8, 4) is 0 Å². The fraction of sp³-hybridized carbons (Fsp3) is 0.333. The molecule has 154 valence electrons. The van der Waals surface area contributed by atoms with Crippen LogP contribution in [0, 0.1) is 0 Å². The number of azo groups is 1. The van der Waals surface area contributed by atoms with Crippen molar-refractivity contribution in [3.63, 3.8) is 0 Å². The number of nitrogens with two attached hydrogens (primary N) is 1. The van der Waals surface area contributed by atoms with Gasteiger partial charge in [0.15, 0.2) is 11.9 Å². The Kier molecular flexibility index (Phi) is 6.57. The number of nitrogens with zero attached hydrogens (tertiary/aromatic N) is 6. The minimum absolute atomic E-state index is 0.0364. The quantitative estimate of drug-likeness (QED) is 0.458. The summed E-state index contributed by atoms with van der Waals surface area (Å²) in [4.78, 5) is 23.8. The van der Waals surface area contributed by atoms with E-state index in [-0.39, 0.29) is 47.5 Å². The first kappa shape index (κ1) is 21.3. The molecule has 3 N–H and O–H groups in total. The molecule has 29 heavy (non-hydrogen) atoms. The summed E-state index contributed by atoms with van der Waals surface area (Å²) in [6, 6.07) is 4.86. The van der Waals surface area contributed by atoms with Gasteiger partial charge in [0.05, 0.1) is 10.6 Å². The number of halogens is 2. The van der Waals surface area contributed by atoms with Crippen LogP contribution in [0.5, 0.6) is 0 Å². The van der Waals surface area contributed by atoms with E-state index in [2.05, 4.69) is 30.5 Å². The Hall–Kier alpha value is -2.41. The first-order valence-electron chi connectivity index (χ1n) is 8.30. The fourth-order valence-electron chi connectivity index (χ4n) is 2.50. The topological polar surface area (TPSA) is 154 Å². The smallest absolute Gasteiger partial charge is 0.267 e. The molecule has 1 unspecified atom stereocenters. The van der Waals surface area contributed by atoms with Crippen molar-refractivity contribution in [2.45, 2.75) is 10.9 Å². The highest BCUT2D eigenvalue weighted by atomic mass is 35.5. The predicted octanol–water partition coefficient (Wildman–Crippen LogP) is 0.820. The summed E-state index contributed by atoms with van der Waals surface area (Å²) >= 11 is 11.4. The van der Waals surface area contributed by atoms with Crippen molar-refractivity contribution in [2.75, 3.05) is 24.8 Å². The third-order valence-electron chi connectivity index (χ3n) is 3.84. The monoisotopic (exact) mass is 458 g/mol. The molecule has 1 atom stereocenters. The molecular weight excluding hydrogens is 443 g/mol. The predicted molar refractivity (Wildman–Crippen MR) is 110 cm³/mol. The molecule has 0 fully saturated rings. The maximum atomic E-state index is 12.6. The third kappa shape index (κ3) is 4.78. The summed E-state index contributed by atoms with van der Waals surface area (Å²) in [5.74, 6) is -0.100. The first-order chi connectivity index (χ1) is 13.8. The molecule has 0 bridgehead atoms. The van der Waals surface area contributed by atoms with Crippen LogP contribution in [0.3, 0.4) is 0 Å². The van der Waals surface area contributed by atoms with Gasteiger partial charge in [-0.05, 0) is 24.3 Å². The number of alkyl halides is 2. The molecule has 1 aromatic carbocycles. The second-order valence-electron chi connectivity index (χ2n) is 5.76. The standard InChI is InChI=1S/C15H16Cl2N8O3S/c16-5-7-25(8-6-17)29(27,28)10-3-1-9(2-4-10)23-24-15-19-11-12(21-15)20-14(18)22-13(11)26/h1-4,11H,5-8H2,(H3,18,19,20,21,22,26). The van der Waals surface area contributed by atoms with Crippen LogP contribution < -0.4 is 11.1 Å². The highest BCUT2D eigenvalue weighted by Gasteiger charge is 2.33. The summed E-state index contributed by atoms with van der Waals surface area (Å²) in [5.41, 5.74) is 5.84. The lowest BCUT2D eigenvalue weighted by Gasteiger charge is -2.20. The molecule has 3 rings (SSSR count). The number of fused-ring (bicyclic) bond motifs is 1. The zero-order valence-electron chi connectivity index (χ0n) is 14.9. The van der Waals surface area contributed by atoms with Crippen molar-refractivity contribution in [1.82, 2.24) is 9.62 Å². The largest absolute Gasteiger partial charge is 0.369 e. The van der Waals surface area contributed by atoms with E-state index in [0.717, 1.165) is 0 Å². The van der Waals surface area contributed by atoms with E-state index >= 15 is 0 Å². The van der Waals surface area contributed by atoms with Crippen LogP contribution in [0.4, 0.5) is 5.69 Å². The number of sulfonamides is 1. The number of guanidine groups is 2. The van der Waals surface area contributed by atoms with E-state index in [1.165, 1.54) is 28.6 Å². The van der Waals surface area contributed by atoms with Crippen LogP contribution >= 0.6 is 23.2 Å². The Bertz CT molecular complexity index is 1010. The van der Waals surface area contributed by atoms with Crippen molar-refractivity contribution in [2.24, 2.45) is 30.9 Å². The molecule has 0 spiro atoms. The fourth-order valence-corrected chi connectivity index (χ4v) is 4.55. The van der Waals surface area contributed by atoms with E-state index in [1.807, 2.05) is 0 Å². The van der Waals surface area contributed by atoms with Gasteiger partial charge in [-0.2, -0.15) is 14.3 Å². The summed E-state index contributed by atoms with van der Waals surface area (Å²) in [7, 11) is -3.72. The van der Waals surface area contributed by atoms with Crippen LogP contribution in [0.15, 0.2) is 54.4 Å². The normalized spacial score (nSPS) is 19.1. The zero-order chi connectivity index (χ0) is 21.0. The van der Waals surface area contributed by atoms with Crippen LogP contribution in [-0.4, -0.2) is 67.3 Å². The lowest BCUT2D eigenvalue weighted by Crippen LogP contribution is -2.49. The Labute approximate surface area is 176 Å². The van der Waals surface area contributed by atoms with Gasteiger partial charge in [-0.15, -0.1) is 33.4 Å². The van der Waals surface area contributed by atoms with Gasteiger partial charge in [-0.3, -0.25) is 10.1 Å². The number of aliphatic imine (C=N–C) groups is 3. The van der Waals surface area contributed by atoms with E-state index in [0.29, 0.717) is 5.69 Å². The van der Waals surface area contributed by atoms with Gasteiger partial charge in [-0.1, -0.05) is 0 Å². The number of amides is 1. The van der Waals surface area contributed by atoms with Crippen molar-refractivity contribution in [3.05, 3.63) is 24.3 Å². The summed E-state index contributed by atoms with van der Waals surface area (Å²) in [5, 5.41) is 10.2. The van der Waals surface area contributed by atoms with E-state index in [1.54, 1.807) is 0 Å². The van der Waals surface area contributed by atoms with Gasteiger partial charge in [-0.25, -0.2) is 13.4 Å². The number of amidine groups is 1. The third-order valence-corrected chi connectivity index (χ3v) is 6.09. The minimum atomic E-state index is -3.72. The summed E-state index contributed by atoms with van der Waals surface area (Å²) in [6.07, 6.45) is 0. The van der Waals surface area contributed by atoms with Gasteiger partial charge < -0.3 is 5.73 Å². The average molecular weight is 459 g/mol. The second kappa shape index (κ2) is 8.95. The van der Waals surface area contributed by atoms with Gasteiger partial charge in [0, 0.05) is 24.8 Å². The molecule has 2 aliphatic rings. The minimum Gasteiger partial charge on any atom is -0.369 e. The lowest BCUT2D eigenvalue weighted by atomic mass is 10.2. The number of carbonyl (C=O) groups excluding carboxylic acids is 1. The highest BCUT2D eigenvalue weighted by Crippen LogP contribution is 2.21. The van der Waals surface area contributed by atoms with Crippen LogP contribution in [0.2, 0.25) is 0 Å². The Morgan fingerprint density at radius 3 is 2.38 bits per heavy atom. The number of hydrogen-bond acceptors (Lipinski definition) is 9. The Morgan fingerprint density at radius 2 is 1.76 bits per heavy atom.